The Hall–Kier alpha value is -3.40. The van der Waals surface area contributed by atoms with E-state index in [2.05, 4.69) is 104 Å². The van der Waals surface area contributed by atoms with E-state index in [9.17, 15) is 10.2 Å². The molecule has 7 nitrogen and oxygen atoms in total. The lowest BCUT2D eigenvalue weighted by molar-refractivity contribution is 0.00170. The molecule has 0 amide bonds. The third kappa shape index (κ3) is 7.06. The molecule has 1 aliphatic carbocycles. The van der Waals surface area contributed by atoms with Crippen molar-refractivity contribution >= 4 is 22.4 Å². The first kappa shape index (κ1) is 29.7. The number of nitrogens with one attached hydrogen (secondary N) is 1. The fourth-order valence-electron chi connectivity index (χ4n) is 6.40. The maximum absolute atomic E-state index is 11.2. The van der Waals surface area contributed by atoms with Crippen molar-refractivity contribution in [2.75, 3.05) is 33.2 Å². The van der Waals surface area contributed by atoms with Crippen molar-refractivity contribution in [1.29, 1.82) is 0 Å². The molecule has 0 spiro atoms. The zero-order chi connectivity index (χ0) is 29.6. The second kappa shape index (κ2) is 13.9. The van der Waals surface area contributed by atoms with Crippen LogP contribution in [-0.4, -0.2) is 75.1 Å². The molecule has 43 heavy (non-hydrogen) atoms. The van der Waals surface area contributed by atoms with Crippen molar-refractivity contribution in [1.82, 2.24) is 24.8 Å². The van der Waals surface area contributed by atoms with Crippen molar-refractivity contribution in [3.63, 3.8) is 0 Å². The largest absolute Gasteiger partial charge is 0.390 e. The number of fused-ring (bicyclic) bond motifs is 1. The minimum absolute atomic E-state index is 0.0158. The van der Waals surface area contributed by atoms with Gasteiger partial charge >= 0.3 is 0 Å². The summed E-state index contributed by atoms with van der Waals surface area (Å²) in [6.07, 6.45) is 7.55. The quantitative estimate of drug-likeness (QED) is 0.163. The first-order chi connectivity index (χ1) is 21.1. The molecule has 0 radical (unpaired) electrons. The van der Waals surface area contributed by atoms with Crippen LogP contribution < -0.4 is 5.32 Å². The summed E-state index contributed by atoms with van der Waals surface area (Å²) in [6, 6.07) is 23.1. The van der Waals surface area contributed by atoms with Gasteiger partial charge in [-0.25, -0.2) is 9.97 Å². The number of hydrogen-bond acceptors (Lipinski definition) is 7. The Labute approximate surface area is 257 Å². The van der Waals surface area contributed by atoms with Crippen LogP contribution in [-0.2, 0) is 12.8 Å². The molecule has 3 aromatic heterocycles. The minimum atomic E-state index is -0.853. The second-order valence-electron chi connectivity index (χ2n) is 11.8. The Kier molecular flexibility index (Phi) is 9.61. The van der Waals surface area contributed by atoms with Crippen molar-refractivity contribution in [3.05, 3.63) is 108 Å². The van der Waals surface area contributed by atoms with Gasteiger partial charge in [-0.05, 0) is 80.5 Å². The van der Waals surface area contributed by atoms with Gasteiger partial charge in [0.1, 0.15) is 18.1 Å². The molecule has 1 saturated carbocycles. The number of aliphatic hydroxyl groups excluding tert-OH is 2. The topological polar surface area (TPSA) is 86.4 Å². The van der Waals surface area contributed by atoms with Crippen molar-refractivity contribution in [2.45, 2.75) is 43.9 Å². The first-order valence-corrected chi connectivity index (χ1v) is 16.2. The lowest BCUT2D eigenvalue weighted by Crippen LogP contribution is -2.35. The SMILES string of the molecule is CN(CCCNCCc1ccccc1)C[C@H]1C[C@@H](n2cc(-c3cc(Cc4ccccc4)cs3)c3cncnc32)[C@H](O)[C@@H]1O. The Balaban J connectivity index is 1.07. The van der Waals surface area contributed by atoms with E-state index in [-0.39, 0.29) is 12.0 Å². The Morgan fingerprint density at radius 3 is 2.53 bits per heavy atom. The minimum Gasteiger partial charge on any atom is -0.390 e. The van der Waals surface area contributed by atoms with Crippen LogP contribution in [0.4, 0.5) is 0 Å². The summed E-state index contributed by atoms with van der Waals surface area (Å²) in [5.74, 6) is -0.0158. The molecule has 3 N–H and O–H groups in total. The smallest absolute Gasteiger partial charge is 0.144 e. The third-order valence-electron chi connectivity index (χ3n) is 8.67. The van der Waals surface area contributed by atoms with Gasteiger partial charge in [0, 0.05) is 40.7 Å². The van der Waals surface area contributed by atoms with Crippen molar-refractivity contribution < 1.29 is 10.2 Å². The van der Waals surface area contributed by atoms with E-state index < -0.39 is 12.2 Å². The van der Waals surface area contributed by atoms with Crippen molar-refractivity contribution in [2.24, 2.45) is 5.92 Å². The first-order valence-electron chi connectivity index (χ1n) is 15.3. The fourth-order valence-corrected chi connectivity index (χ4v) is 7.34. The predicted octanol–water partition coefficient (Wildman–Crippen LogP) is 5.19. The van der Waals surface area contributed by atoms with Gasteiger partial charge in [-0.1, -0.05) is 60.7 Å². The van der Waals surface area contributed by atoms with Gasteiger partial charge in [0.25, 0.3) is 0 Å². The molecule has 1 aliphatic rings. The van der Waals surface area contributed by atoms with Gasteiger partial charge in [0.05, 0.1) is 12.1 Å². The maximum Gasteiger partial charge on any atom is 0.144 e. The standard InChI is InChI=1S/C35H41N5O2S/c1-39(16-8-14-36-15-13-25-9-4-2-5-10-25)21-28-19-31(34(42)33(28)41)40-22-30(29-20-37-24-38-35(29)40)32-18-27(23-43-32)17-26-11-6-3-7-12-26/h2-7,9-12,18,20,22-24,28,31,33-34,36,41-42H,8,13-17,19,21H2,1H3/t28-,31-,33-,34+/m1/s1. The molecule has 0 saturated heterocycles. The van der Waals surface area contributed by atoms with E-state index >= 15 is 0 Å². The van der Waals surface area contributed by atoms with Crippen LogP contribution >= 0.6 is 11.3 Å². The molecule has 6 rings (SSSR count). The van der Waals surface area contributed by atoms with E-state index in [1.165, 1.54) is 16.7 Å². The van der Waals surface area contributed by atoms with Crippen LogP contribution in [0.2, 0.25) is 0 Å². The lowest BCUT2D eigenvalue weighted by Gasteiger charge is -2.23. The summed E-state index contributed by atoms with van der Waals surface area (Å²) >= 11 is 1.72. The van der Waals surface area contributed by atoms with E-state index in [0.29, 0.717) is 6.42 Å². The number of thiophene rings is 1. The summed E-state index contributed by atoms with van der Waals surface area (Å²) in [5.41, 5.74) is 5.79. The molecule has 2 aromatic carbocycles. The molecular weight excluding hydrogens is 554 g/mol. The van der Waals surface area contributed by atoms with Crippen molar-refractivity contribution in [3.8, 4) is 10.4 Å². The number of nitrogens with zero attached hydrogens (tertiary/aromatic N) is 4. The number of rotatable bonds is 13. The highest BCUT2D eigenvalue weighted by molar-refractivity contribution is 7.13. The number of benzene rings is 2. The molecular formula is C35H41N5O2S. The van der Waals surface area contributed by atoms with Gasteiger partial charge < -0.3 is 25.0 Å². The summed E-state index contributed by atoms with van der Waals surface area (Å²) < 4.78 is 2.08. The van der Waals surface area contributed by atoms with Gasteiger partial charge in [-0.2, -0.15) is 0 Å². The van der Waals surface area contributed by atoms with Crippen LogP contribution in [0.5, 0.6) is 0 Å². The second-order valence-corrected chi connectivity index (χ2v) is 12.7. The van der Waals surface area contributed by atoms with Crippen LogP contribution in [0.1, 0.15) is 35.6 Å². The zero-order valence-electron chi connectivity index (χ0n) is 24.7. The summed E-state index contributed by atoms with van der Waals surface area (Å²) in [5, 5.41) is 29.1. The number of hydrogen-bond donors (Lipinski definition) is 3. The molecule has 3 heterocycles. The van der Waals surface area contributed by atoms with E-state index in [1.807, 2.05) is 12.3 Å². The van der Waals surface area contributed by atoms with Gasteiger partial charge in [-0.15, -0.1) is 11.3 Å². The van der Waals surface area contributed by atoms with Crippen LogP contribution in [0, 0.1) is 5.92 Å². The molecule has 224 valence electrons. The maximum atomic E-state index is 11.2. The highest BCUT2D eigenvalue weighted by Gasteiger charge is 2.43. The van der Waals surface area contributed by atoms with Crippen LogP contribution in [0.15, 0.2) is 90.8 Å². The monoisotopic (exact) mass is 595 g/mol. The molecule has 4 atom stereocenters. The normalized spacial score (nSPS) is 20.4. The van der Waals surface area contributed by atoms with Crippen LogP contribution in [0.3, 0.4) is 0 Å². The highest BCUT2D eigenvalue weighted by Crippen LogP contribution is 2.41. The average molecular weight is 596 g/mol. The molecule has 1 fully saturated rings. The van der Waals surface area contributed by atoms with Gasteiger partial charge in [-0.3, -0.25) is 0 Å². The number of aromatic nitrogens is 3. The fraction of sp³-hybridized carbons (Fsp3) is 0.371. The van der Waals surface area contributed by atoms with E-state index in [0.717, 1.165) is 66.9 Å². The molecule has 5 aromatic rings. The Morgan fingerprint density at radius 2 is 1.74 bits per heavy atom. The highest BCUT2D eigenvalue weighted by atomic mass is 32.1. The molecule has 0 bridgehead atoms. The van der Waals surface area contributed by atoms with Gasteiger partial charge in [0.2, 0.25) is 0 Å². The predicted molar refractivity (Wildman–Crippen MR) is 174 cm³/mol. The zero-order valence-corrected chi connectivity index (χ0v) is 25.5. The lowest BCUT2D eigenvalue weighted by atomic mass is 10.1. The van der Waals surface area contributed by atoms with E-state index in [4.69, 9.17) is 0 Å². The Morgan fingerprint density at radius 1 is 0.977 bits per heavy atom. The third-order valence-corrected chi connectivity index (χ3v) is 9.68. The summed E-state index contributed by atoms with van der Waals surface area (Å²) in [6.45, 7) is 3.62. The summed E-state index contributed by atoms with van der Waals surface area (Å²) in [7, 11) is 2.11. The Bertz CT molecular complexity index is 1590. The average Bonchev–Trinajstić information content (AvgIpc) is 3.72. The van der Waals surface area contributed by atoms with E-state index in [1.54, 1.807) is 17.7 Å². The molecule has 8 heteroatoms. The molecule has 0 aliphatic heterocycles. The summed E-state index contributed by atoms with van der Waals surface area (Å²) in [4.78, 5) is 12.4. The van der Waals surface area contributed by atoms with Gasteiger partial charge in [0.15, 0.2) is 0 Å². The number of aliphatic hydroxyl groups is 2. The van der Waals surface area contributed by atoms with Crippen LogP contribution in [0.25, 0.3) is 21.5 Å². The molecule has 0 unspecified atom stereocenters.